The van der Waals surface area contributed by atoms with Crippen LogP contribution in [0.25, 0.3) is 22.2 Å². The van der Waals surface area contributed by atoms with Gasteiger partial charge in [-0.15, -0.1) is 0 Å². The zero-order valence-electron chi connectivity index (χ0n) is 19.6. The van der Waals surface area contributed by atoms with E-state index in [1.54, 1.807) is 6.21 Å². The third-order valence-corrected chi connectivity index (χ3v) is 7.26. The van der Waals surface area contributed by atoms with Crippen LogP contribution in [-0.4, -0.2) is 17.1 Å². The van der Waals surface area contributed by atoms with E-state index in [1.807, 2.05) is 103 Å². The second kappa shape index (κ2) is 11.8. The maximum absolute atomic E-state index is 13.2. The first-order chi connectivity index (χ1) is 18.1. The number of benzene rings is 4. The molecule has 1 N–H and O–H groups in total. The Morgan fingerprint density at radius 3 is 2.24 bits per heavy atom. The van der Waals surface area contributed by atoms with Gasteiger partial charge in [-0.3, -0.25) is 4.79 Å². The van der Waals surface area contributed by atoms with Crippen molar-refractivity contribution in [2.75, 3.05) is 0 Å². The summed E-state index contributed by atoms with van der Waals surface area (Å²) in [5.41, 5.74) is 7.63. The maximum atomic E-state index is 13.2. The molecule has 182 valence electrons. The molecule has 7 heteroatoms. The molecule has 1 heterocycles. The minimum Gasteiger partial charge on any atom is -0.487 e. The highest BCUT2D eigenvalue weighted by Crippen LogP contribution is 2.29. The molecule has 1 amide bonds. The van der Waals surface area contributed by atoms with Crippen LogP contribution in [0.2, 0.25) is 0 Å². The van der Waals surface area contributed by atoms with Crippen LogP contribution in [0, 0.1) is 7.14 Å². The molecular formula is C30H21I2N3O2. The molecule has 0 atom stereocenters. The molecule has 0 spiro atoms. The van der Waals surface area contributed by atoms with E-state index in [9.17, 15) is 4.79 Å². The molecule has 5 nitrogen and oxygen atoms in total. The number of hydrogen-bond acceptors (Lipinski definition) is 4. The van der Waals surface area contributed by atoms with Gasteiger partial charge in [-0.1, -0.05) is 78.9 Å². The van der Waals surface area contributed by atoms with Gasteiger partial charge in [0.15, 0.2) is 0 Å². The summed E-state index contributed by atoms with van der Waals surface area (Å²) in [6, 6.07) is 33.3. The van der Waals surface area contributed by atoms with E-state index in [4.69, 9.17) is 9.72 Å². The van der Waals surface area contributed by atoms with Crippen LogP contribution in [0.3, 0.4) is 0 Å². The standard InChI is InChI=1S/C30H21I2N3O2/c31-25-15-21(16-26(32)29(25)37-19-20-9-3-1-4-10-20)18-33-35-30(36)24-17-28(22-11-5-2-6-12-22)34-27-14-8-7-13-23(24)27/h1-18H,19H2,(H,35,36)/b33-18+. The minimum absolute atomic E-state index is 0.292. The summed E-state index contributed by atoms with van der Waals surface area (Å²) in [5.74, 6) is 0.544. The van der Waals surface area contributed by atoms with Gasteiger partial charge in [0.1, 0.15) is 12.4 Å². The summed E-state index contributed by atoms with van der Waals surface area (Å²) in [6.45, 7) is 0.501. The molecule has 37 heavy (non-hydrogen) atoms. The zero-order valence-corrected chi connectivity index (χ0v) is 23.9. The molecule has 0 aliphatic rings. The fourth-order valence-corrected chi connectivity index (χ4v) is 6.00. The highest BCUT2D eigenvalue weighted by atomic mass is 127. The Morgan fingerprint density at radius 2 is 1.51 bits per heavy atom. The third-order valence-electron chi connectivity index (χ3n) is 5.66. The number of rotatable bonds is 7. The molecule has 0 unspecified atom stereocenters. The predicted molar refractivity (Wildman–Crippen MR) is 165 cm³/mol. The first-order valence-electron chi connectivity index (χ1n) is 11.5. The molecule has 0 bridgehead atoms. The number of nitrogens with zero attached hydrogens (tertiary/aromatic N) is 2. The first-order valence-corrected chi connectivity index (χ1v) is 13.7. The molecular weight excluding hydrogens is 688 g/mol. The number of carbonyl (C=O) groups excluding carboxylic acids is 1. The number of ether oxygens (including phenoxy) is 1. The number of hydrogen-bond donors (Lipinski definition) is 1. The second-order valence-electron chi connectivity index (χ2n) is 8.23. The lowest BCUT2D eigenvalue weighted by atomic mass is 10.0. The van der Waals surface area contributed by atoms with Gasteiger partial charge in [0.2, 0.25) is 0 Å². The summed E-state index contributed by atoms with van der Waals surface area (Å²) in [7, 11) is 0. The quantitative estimate of drug-likeness (QED) is 0.109. The number of halogens is 2. The number of amides is 1. The van der Waals surface area contributed by atoms with Crippen molar-refractivity contribution in [3.63, 3.8) is 0 Å². The molecule has 0 radical (unpaired) electrons. The van der Waals surface area contributed by atoms with E-state index in [-0.39, 0.29) is 5.91 Å². The molecule has 1 aromatic heterocycles. The van der Waals surface area contributed by atoms with Crippen molar-refractivity contribution >= 4 is 68.2 Å². The van der Waals surface area contributed by atoms with Gasteiger partial charge in [0, 0.05) is 10.9 Å². The second-order valence-corrected chi connectivity index (χ2v) is 10.5. The Balaban J connectivity index is 1.34. The van der Waals surface area contributed by atoms with Gasteiger partial charge < -0.3 is 4.74 Å². The van der Waals surface area contributed by atoms with Gasteiger partial charge in [-0.05, 0) is 80.6 Å². The zero-order chi connectivity index (χ0) is 25.6. The lowest BCUT2D eigenvalue weighted by Gasteiger charge is -2.11. The normalized spacial score (nSPS) is 11.1. The van der Waals surface area contributed by atoms with Crippen molar-refractivity contribution < 1.29 is 9.53 Å². The number of fused-ring (bicyclic) bond motifs is 1. The maximum Gasteiger partial charge on any atom is 0.272 e. The van der Waals surface area contributed by atoms with Gasteiger partial charge >= 0.3 is 0 Å². The molecule has 5 aromatic rings. The number of para-hydroxylation sites is 1. The van der Waals surface area contributed by atoms with Gasteiger partial charge in [-0.2, -0.15) is 5.10 Å². The van der Waals surface area contributed by atoms with Gasteiger partial charge in [0.25, 0.3) is 5.91 Å². The SMILES string of the molecule is O=C(N/N=C/c1cc(I)c(OCc2ccccc2)c(I)c1)c1cc(-c2ccccc2)nc2ccccc12. The molecule has 0 aliphatic heterocycles. The van der Waals surface area contributed by atoms with E-state index in [1.165, 1.54) is 0 Å². The molecule has 0 aliphatic carbocycles. The van der Waals surface area contributed by atoms with Crippen LogP contribution in [-0.2, 0) is 6.61 Å². The van der Waals surface area contributed by atoms with Crippen LogP contribution in [0.4, 0.5) is 0 Å². The average molecular weight is 709 g/mol. The summed E-state index contributed by atoms with van der Waals surface area (Å²) in [6.07, 6.45) is 1.64. The van der Waals surface area contributed by atoms with Crippen LogP contribution < -0.4 is 10.2 Å². The number of pyridine rings is 1. The monoisotopic (exact) mass is 709 g/mol. The fourth-order valence-electron chi connectivity index (χ4n) is 3.87. The molecule has 0 saturated heterocycles. The molecule has 0 fully saturated rings. The lowest BCUT2D eigenvalue weighted by Crippen LogP contribution is -2.18. The lowest BCUT2D eigenvalue weighted by molar-refractivity contribution is 0.0956. The molecule has 5 rings (SSSR count). The highest BCUT2D eigenvalue weighted by Gasteiger charge is 2.14. The van der Waals surface area contributed by atoms with Crippen LogP contribution >= 0.6 is 45.2 Å². The Kier molecular flexibility index (Phi) is 8.10. The first kappa shape index (κ1) is 25.3. The largest absolute Gasteiger partial charge is 0.487 e. The summed E-state index contributed by atoms with van der Waals surface area (Å²) < 4.78 is 8.01. The van der Waals surface area contributed by atoms with E-state index in [2.05, 4.69) is 55.7 Å². The van der Waals surface area contributed by atoms with E-state index < -0.39 is 0 Å². The topological polar surface area (TPSA) is 63.6 Å². The van der Waals surface area contributed by atoms with Crippen molar-refractivity contribution in [3.05, 3.63) is 127 Å². The Bertz CT molecular complexity index is 1570. The van der Waals surface area contributed by atoms with Crippen molar-refractivity contribution in [3.8, 4) is 17.0 Å². The predicted octanol–water partition coefficient (Wildman–Crippen LogP) is 7.45. The van der Waals surface area contributed by atoms with Crippen molar-refractivity contribution in [2.24, 2.45) is 5.10 Å². The highest BCUT2D eigenvalue weighted by molar-refractivity contribution is 14.1. The average Bonchev–Trinajstić information content (AvgIpc) is 2.93. The smallest absolute Gasteiger partial charge is 0.272 e. The summed E-state index contributed by atoms with van der Waals surface area (Å²) >= 11 is 4.52. The Labute approximate surface area is 242 Å². The number of hydrazone groups is 1. The van der Waals surface area contributed by atoms with Crippen molar-refractivity contribution in [1.29, 1.82) is 0 Å². The molecule has 4 aromatic carbocycles. The van der Waals surface area contributed by atoms with Crippen molar-refractivity contribution in [1.82, 2.24) is 10.4 Å². The molecule has 0 saturated carbocycles. The van der Waals surface area contributed by atoms with Gasteiger partial charge in [-0.25, -0.2) is 10.4 Å². The fraction of sp³-hybridized carbons (Fsp3) is 0.0333. The Hall–Kier alpha value is -3.31. The van der Waals surface area contributed by atoms with Crippen LogP contribution in [0.1, 0.15) is 21.5 Å². The summed E-state index contributed by atoms with van der Waals surface area (Å²) in [4.78, 5) is 17.9. The Morgan fingerprint density at radius 1 is 0.865 bits per heavy atom. The van der Waals surface area contributed by atoms with Crippen LogP contribution in [0.5, 0.6) is 5.75 Å². The van der Waals surface area contributed by atoms with Crippen LogP contribution in [0.15, 0.2) is 108 Å². The minimum atomic E-state index is -0.292. The number of carbonyl (C=O) groups is 1. The van der Waals surface area contributed by atoms with E-state index in [0.29, 0.717) is 12.2 Å². The number of aromatic nitrogens is 1. The third kappa shape index (κ3) is 6.16. The number of nitrogens with one attached hydrogen (secondary N) is 1. The summed E-state index contributed by atoms with van der Waals surface area (Å²) in [5, 5.41) is 5.02. The van der Waals surface area contributed by atoms with Gasteiger partial charge in [0.05, 0.1) is 30.1 Å². The van der Waals surface area contributed by atoms with Crippen molar-refractivity contribution in [2.45, 2.75) is 6.61 Å². The van der Waals surface area contributed by atoms with E-state index in [0.717, 1.165) is 46.2 Å². The van der Waals surface area contributed by atoms with E-state index >= 15 is 0 Å².